The van der Waals surface area contributed by atoms with E-state index in [1.165, 1.54) is 34.0 Å². The maximum Gasteiger partial charge on any atom is 0.273 e. The van der Waals surface area contributed by atoms with Crippen LogP contribution in [0.3, 0.4) is 0 Å². The lowest BCUT2D eigenvalue weighted by atomic mass is 10.2. The summed E-state index contributed by atoms with van der Waals surface area (Å²) in [7, 11) is 0. The molecule has 124 valence electrons. The van der Waals surface area contributed by atoms with E-state index in [1.54, 1.807) is 12.1 Å². The van der Waals surface area contributed by atoms with E-state index in [4.69, 9.17) is 11.6 Å². The number of carbonyl (C=O) groups excluding carboxylic acids is 1. The van der Waals surface area contributed by atoms with Crippen LogP contribution >= 0.6 is 34.7 Å². The zero-order valence-electron chi connectivity index (χ0n) is 12.9. The van der Waals surface area contributed by atoms with Gasteiger partial charge in [-0.25, -0.2) is 9.97 Å². The van der Waals surface area contributed by atoms with E-state index in [-0.39, 0.29) is 18.0 Å². The number of nitrogens with one attached hydrogen (secondary N) is 1. The van der Waals surface area contributed by atoms with Crippen LogP contribution in [-0.2, 0) is 11.3 Å². The molecule has 0 atom stereocenters. The van der Waals surface area contributed by atoms with Crippen molar-refractivity contribution in [2.75, 3.05) is 11.6 Å². The summed E-state index contributed by atoms with van der Waals surface area (Å²) < 4.78 is 2.48. The number of thioether (sulfide) groups is 1. The molecular formula is C15H13ClN4O2S2. The highest BCUT2D eigenvalue weighted by Gasteiger charge is 2.13. The fourth-order valence-electron chi connectivity index (χ4n) is 2.09. The molecule has 1 aromatic carbocycles. The monoisotopic (exact) mass is 380 g/mol. The zero-order chi connectivity index (χ0) is 17.3. The zero-order valence-corrected chi connectivity index (χ0v) is 15.3. The molecule has 24 heavy (non-hydrogen) atoms. The maximum absolute atomic E-state index is 12.4. The summed E-state index contributed by atoms with van der Waals surface area (Å²) in [4.78, 5) is 33.0. The molecule has 9 heteroatoms. The Morgan fingerprint density at radius 2 is 2.25 bits per heavy atom. The predicted molar refractivity (Wildman–Crippen MR) is 98.3 cm³/mol. The lowest BCUT2D eigenvalue weighted by molar-refractivity contribution is -0.116. The van der Waals surface area contributed by atoms with Gasteiger partial charge in [-0.15, -0.1) is 11.3 Å². The van der Waals surface area contributed by atoms with Crippen molar-refractivity contribution in [2.45, 2.75) is 17.8 Å². The number of carbonyl (C=O) groups is 1. The second-order valence-electron chi connectivity index (χ2n) is 5.05. The van der Waals surface area contributed by atoms with Crippen molar-refractivity contribution in [3.8, 4) is 0 Å². The number of aryl methyl sites for hydroxylation is 1. The Hall–Kier alpha value is -1.90. The second-order valence-corrected chi connectivity index (χ2v) is 7.51. The second kappa shape index (κ2) is 6.92. The van der Waals surface area contributed by atoms with Crippen molar-refractivity contribution in [2.24, 2.45) is 0 Å². The van der Waals surface area contributed by atoms with Gasteiger partial charge in [-0.05, 0) is 30.9 Å². The van der Waals surface area contributed by atoms with Crippen molar-refractivity contribution >= 4 is 56.6 Å². The van der Waals surface area contributed by atoms with Crippen LogP contribution in [0, 0.1) is 6.92 Å². The third-order valence-electron chi connectivity index (χ3n) is 3.25. The average molecular weight is 381 g/mol. The molecule has 0 aliphatic carbocycles. The Kier molecular flexibility index (Phi) is 4.88. The number of thiazole rings is 1. The number of nitrogens with zero attached hydrogens (tertiary/aromatic N) is 3. The van der Waals surface area contributed by atoms with Crippen LogP contribution in [0.4, 0.5) is 5.69 Å². The van der Waals surface area contributed by atoms with Gasteiger partial charge in [-0.2, -0.15) is 0 Å². The number of hydrogen-bond donors (Lipinski definition) is 1. The Bertz CT molecular complexity index is 983. The molecule has 0 bridgehead atoms. The van der Waals surface area contributed by atoms with Crippen LogP contribution in [0.5, 0.6) is 0 Å². The minimum Gasteiger partial charge on any atom is -0.323 e. The van der Waals surface area contributed by atoms with Gasteiger partial charge in [0.1, 0.15) is 17.6 Å². The summed E-state index contributed by atoms with van der Waals surface area (Å²) in [5.41, 5.74) is 1.64. The molecule has 1 N–H and O–H groups in total. The van der Waals surface area contributed by atoms with Crippen LogP contribution in [0.2, 0.25) is 5.02 Å². The number of aromatic nitrogens is 3. The molecule has 3 aromatic rings. The minimum atomic E-state index is -0.349. The normalized spacial score (nSPS) is 11.0. The molecule has 1 amide bonds. The molecule has 0 aliphatic heterocycles. The third-order valence-corrected chi connectivity index (χ3v) is 5.58. The lowest BCUT2D eigenvalue weighted by Crippen LogP contribution is -2.27. The van der Waals surface area contributed by atoms with Gasteiger partial charge in [0.15, 0.2) is 9.99 Å². The molecule has 6 nitrogen and oxygen atoms in total. The van der Waals surface area contributed by atoms with E-state index >= 15 is 0 Å². The number of hydrogen-bond acceptors (Lipinski definition) is 6. The van der Waals surface area contributed by atoms with E-state index in [0.717, 1.165) is 9.90 Å². The standard InChI is InChI=1S/C15H13ClN4O2S2/c1-8-3-4-10(9(16)5-8)18-11(21)6-20-7-17-13-12(14(20)22)24-15(19-13)23-2/h3-5,7H,6H2,1-2H3,(H,18,21). The summed E-state index contributed by atoms with van der Waals surface area (Å²) in [6.07, 6.45) is 3.22. The summed E-state index contributed by atoms with van der Waals surface area (Å²) in [5, 5.41) is 3.16. The largest absolute Gasteiger partial charge is 0.323 e. The van der Waals surface area contributed by atoms with Crippen molar-refractivity contribution in [1.29, 1.82) is 0 Å². The first-order chi connectivity index (χ1) is 11.5. The molecule has 0 saturated heterocycles. The number of rotatable bonds is 4. The quantitative estimate of drug-likeness (QED) is 0.703. The van der Waals surface area contributed by atoms with Crippen LogP contribution in [0.1, 0.15) is 5.56 Å². The van der Waals surface area contributed by atoms with Gasteiger partial charge in [0, 0.05) is 0 Å². The van der Waals surface area contributed by atoms with Crippen molar-refractivity contribution < 1.29 is 4.79 Å². The molecule has 0 unspecified atom stereocenters. The first-order valence-corrected chi connectivity index (χ1v) is 9.36. The summed E-state index contributed by atoms with van der Waals surface area (Å²) >= 11 is 8.83. The molecular weight excluding hydrogens is 368 g/mol. The van der Waals surface area contributed by atoms with E-state index < -0.39 is 0 Å². The molecule has 0 fully saturated rings. The highest BCUT2D eigenvalue weighted by molar-refractivity contribution is 8.00. The Labute approximate surface area is 150 Å². The van der Waals surface area contributed by atoms with Crippen LogP contribution < -0.4 is 10.9 Å². The Morgan fingerprint density at radius 3 is 2.96 bits per heavy atom. The van der Waals surface area contributed by atoms with Crippen LogP contribution in [0.25, 0.3) is 10.3 Å². The first kappa shape index (κ1) is 16.9. The van der Waals surface area contributed by atoms with Gasteiger partial charge in [0.05, 0.1) is 10.7 Å². The summed E-state index contributed by atoms with van der Waals surface area (Å²) in [5.74, 6) is -0.349. The van der Waals surface area contributed by atoms with E-state index in [2.05, 4.69) is 15.3 Å². The van der Waals surface area contributed by atoms with Gasteiger partial charge in [-0.3, -0.25) is 14.2 Å². The molecule has 0 aliphatic rings. The van der Waals surface area contributed by atoms with Gasteiger partial charge >= 0.3 is 0 Å². The lowest BCUT2D eigenvalue weighted by Gasteiger charge is -2.09. The average Bonchev–Trinajstić information content (AvgIpc) is 2.97. The van der Waals surface area contributed by atoms with E-state index in [0.29, 0.717) is 21.1 Å². The first-order valence-electron chi connectivity index (χ1n) is 6.94. The third kappa shape index (κ3) is 3.45. The van der Waals surface area contributed by atoms with Gasteiger partial charge in [0.2, 0.25) is 5.91 Å². The topological polar surface area (TPSA) is 76.9 Å². The van der Waals surface area contributed by atoms with Crippen molar-refractivity contribution in [3.63, 3.8) is 0 Å². The molecule has 0 saturated carbocycles. The SMILES string of the molecule is CSc1nc2ncn(CC(=O)Nc3ccc(C)cc3Cl)c(=O)c2s1. The molecule has 2 heterocycles. The van der Waals surface area contributed by atoms with Gasteiger partial charge < -0.3 is 5.32 Å². The number of anilines is 1. The number of amides is 1. The number of fused-ring (bicyclic) bond motifs is 1. The fraction of sp³-hybridized carbons (Fsp3) is 0.200. The maximum atomic E-state index is 12.4. The summed E-state index contributed by atoms with van der Waals surface area (Å²) in [6.45, 7) is 1.77. The van der Waals surface area contributed by atoms with Gasteiger partial charge in [-0.1, -0.05) is 29.4 Å². The smallest absolute Gasteiger partial charge is 0.273 e. The van der Waals surface area contributed by atoms with E-state index in [1.807, 2.05) is 19.2 Å². The van der Waals surface area contributed by atoms with Crippen molar-refractivity contribution in [1.82, 2.24) is 14.5 Å². The minimum absolute atomic E-state index is 0.140. The predicted octanol–water partition coefficient (Wildman–Crippen LogP) is 3.18. The van der Waals surface area contributed by atoms with Crippen molar-refractivity contribution in [3.05, 3.63) is 45.5 Å². The Morgan fingerprint density at radius 1 is 1.46 bits per heavy atom. The highest BCUT2D eigenvalue weighted by Crippen LogP contribution is 2.24. The number of halogens is 1. The summed E-state index contributed by atoms with van der Waals surface area (Å²) in [6, 6.07) is 5.34. The van der Waals surface area contributed by atoms with E-state index in [9.17, 15) is 9.59 Å². The fourth-order valence-corrected chi connectivity index (χ4v) is 3.84. The van der Waals surface area contributed by atoms with Gasteiger partial charge in [0.25, 0.3) is 5.56 Å². The van der Waals surface area contributed by atoms with Crippen LogP contribution in [-0.4, -0.2) is 26.7 Å². The molecule has 0 radical (unpaired) electrons. The number of benzene rings is 1. The Balaban J connectivity index is 1.82. The van der Waals surface area contributed by atoms with Crippen LogP contribution in [0.15, 0.2) is 33.7 Å². The molecule has 3 rings (SSSR count). The molecule has 2 aromatic heterocycles. The highest BCUT2D eigenvalue weighted by atomic mass is 35.5. The molecule has 0 spiro atoms.